The fourth-order valence-corrected chi connectivity index (χ4v) is 5.61. The molecule has 1 aromatic heterocycles. The highest BCUT2D eigenvalue weighted by molar-refractivity contribution is 7.90. The first-order chi connectivity index (χ1) is 13.6. The number of carbonyl (C=O) groups excluding carboxylic acids is 1. The first kappa shape index (κ1) is 21.2. The minimum Gasteiger partial charge on any atom is -0.465 e. The van der Waals surface area contributed by atoms with Gasteiger partial charge in [0.05, 0.1) is 26.6 Å². The van der Waals surface area contributed by atoms with Crippen LogP contribution >= 0.6 is 11.3 Å². The summed E-state index contributed by atoms with van der Waals surface area (Å²) in [7, 11) is -7.48. The Morgan fingerprint density at radius 3 is 2.38 bits per heavy atom. The van der Waals surface area contributed by atoms with Gasteiger partial charge < -0.3 is 9.30 Å². The summed E-state index contributed by atoms with van der Waals surface area (Å²) in [4.78, 5) is 12.2. The summed E-state index contributed by atoms with van der Waals surface area (Å²) in [6.07, 6.45) is 1.08. The van der Waals surface area contributed by atoms with Crippen LogP contribution in [0.2, 0.25) is 0 Å². The molecule has 0 amide bonds. The Morgan fingerprint density at radius 1 is 1.07 bits per heavy atom. The minimum absolute atomic E-state index is 0.0111. The van der Waals surface area contributed by atoms with E-state index in [1.54, 1.807) is 25.1 Å². The SMILES string of the molecule is CCOC(=O)Cn1c(=NS(=O)(=O)c2ccccc2)sc2cc(S(C)(=O)=O)ccc21. The van der Waals surface area contributed by atoms with Gasteiger partial charge in [0, 0.05) is 6.26 Å². The highest BCUT2D eigenvalue weighted by Gasteiger charge is 2.17. The molecule has 29 heavy (non-hydrogen) atoms. The maximum absolute atomic E-state index is 12.7. The van der Waals surface area contributed by atoms with Crippen LogP contribution in [0.3, 0.4) is 0 Å². The summed E-state index contributed by atoms with van der Waals surface area (Å²) in [6, 6.07) is 12.1. The van der Waals surface area contributed by atoms with E-state index in [2.05, 4.69) is 4.40 Å². The van der Waals surface area contributed by atoms with Crippen LogP contribution in [-0.2, 0) is 35.9 Å². The lowest BCUT2D eigenvalue weighted by atomic mass is 10.3. The fourth-order valence-electron chi connectivity index (χ4n) is 2.59. The Hall–Kier alpha value is -2.50. The largest absolute Gasteiger partial charge is 0.465 e. The highest BCUT2D eigenvalue weighted by Crippen LogP contribution is 2.22. The lowest BCUT2D eigenvalue weighted by Gasteiger charge is -2.06. The van der Waals surface area contributed by atoms with Gasteiger partial charge in [0.15, 0.2) is 9.84 Å². The molecule has 11 heteroatoms. The van der Waals surface area contributed by atoms with E-state index >= 15 is 0 Å². The monoisotopic (exact) mass is 454 g/mol. The summed E-state index contributed by atoms with van der Waals surface area (Å²) >= 11 is 0.981. The molecule has 0 radical (unpaired) electrons. The molecule has 0 fully saturated rings. The maximum atomic E-state index is 12.7. The van der Waals surface area contributed by atoms with Crippen LogP contribution < -0.4 is 4.80 Å². The molecule has 0 saturated carbocycles. The molecule has 2 aromatic carbocycles. The van der Waals surface area contributed by atoms with E-state index in [9.17, 15) is 21.6 Å². The Kier molecular flexibility index (Phi) is 5.92. The number of ether oxygens (including phenoxy) is 1. The van der Waals surface area contributed by atoms with Crippen molar-refractivity contribution in [2.75, 3.05) is 12.9 Å². The Balaban J connectivity index is 2.25. The van der Waals surface area contributed by atoms with Gasteiger partial charge in [-0.05, 0) is 37.3 Å². The highest BCUT2D eigenvalue weighted by atomic mass is 32.2. The van der Waals surface area contributed by atoms with E-state index in [1.807, 2.05) is 0 Å². The molecule has 0 aliphatic heterocycles. The second-order valence-corrected chi connectivity index (χ2v) is 10.7. The number of sulfone groups is 1. The number of benzene rings is 2. The number of sulfonamides is 1. The van der Waals surface area contributed by atoms with Gasteiger partial charge >= 0.3 is 5.97 Å². The van der Waals surface area contributed by atoms with E-state index < -0.39 is 25.8 Å². The van der Waals surface area contributed by atoms with Crippen molar-refractivity contribution >= 4 is 47.4 Å². The zero-order valence-corrected chi connectivity index (χ0v) is 18.1. The second kappa shape index (κ2) is 8.09. The predicted molar refractivity (Wildman–Crippen MR) is 109 cm³/mol. The summed E-state index contributed by atoms with van der Waals surface area (Å²) in [5.74, 6) is -0.557. The molecule has 0 unspecified atom stereocenters. The van der Waals surface area contributed by atoms with E-state index in [0.29, 0.717) is 10.2 Å². The number of hydrogen-bond donors (Lipinski definition) is 0. The number of rotatable bonds is 6. The molecule has 0 atom stereocenters. The number of esters is 1. The normalized spacial score (nSPS) is 13.0. The van der Waals surface area contributed by atoms with Crippen molar-refractivity contribution in [3.63, 3.8) is 0 Å². The van der Waals surface area contributed by atoms with Crippen LogP contribution in [0.1, 0.15) is 6.92 Å². The van der Waals surface area contributed by atoms with Crippen LogP contribution in [0.25, 0.3) is 10.2 Å². The molecule has 0 aliphatic carbocycles. The second-order valence-electron chi connectivity index (χ2n) is 6.06. The topological polar surface area (TPSA) is 112 Å². The van der Waals surface area contributed by atoms with Crippen LogP contribution in [0.15, 0.2) is 62.7 Å². The fraction of sp³-hybridized carbons (Fsp3) is 0.222. The van der Waals surface area contributed by atoms with Crippen LogP contribution in [0, 0.1) is 0 Å². The molecule has 8 nitrogen and oxygen atoms in total. The minimum atomic E-state index is -4.03. The predicted octanol–water partition coefficient (Wildman–Crippen LogP) is 1.96. The van der Waals surface area contributed by atoms with Crippen molar-refractivity contribution in [2.24, 2.45) is 4.40 Å². The van der Waals surface area contributed by atoms with Crippen molar-refractivity contribution in [2.45, 2.75) is 23.3 Å². The first-order valence-corrected chi connectivity index (χ1v) is 12.6. The van der Waals surface area contributed by atoms with E-state index in [0.717, 1.165) is 17.6 Å². The third-order valence-electron chi connectivity index (χ3n) is 3.91. The Bertz CT molecular complexity index is 1340. The lowest BCUT2D eigenvalue weighted by Crippen LogP contribution is -2.23. The van der Waals surface area contributed by atoms with Gasteiger partial charge in [-0.15, -0.1) is 4.40 Å². The number of fused-ring (bicyclic) bond motifs is 1. The smallest absolute Gasteiger partial charge is 0.326 e. The molecule has 1 heterocycles. The molecule has 0 spiro atoms. The number of aromatic nitrogens is 1. The zero-order valence-electron chi connectivity index (χ0n) is 15.6. The van der Waals surface area contributed by atoms with Crippen LogP contribution in [-0.4, -0.2) is 40.2 Å². The van der Waals surface area contributed by atoms with Crippen LogP contribution in [0.4, 0.5) is 0 Å². The third-order valence-corrected chi connectivity index (χ3v) is 7.46. The molecule has 0 saturated heterocycles. The third kappa shape index (κ3) is 4.74. The summed E-state index contributed by atoms with van der Waals surface area (Å²) < 4.78 is 59.8. The molecule has 154 valence electrons. The Morgan fingerprint density at radius 2 is 1.76 bits per heavy atom. The number of thiazole rings is 1. The average molecular weight is 455 g/mol. The number of hydrogen-bond acceptors (Lipinski definition) is 7. The molecule has 0 bridgehead atoms. The number of carbonyl (C=O) groups is 1. The summed E-state index contributed by atoms with van der Waals surface area (Å²) in [6.45, 7) is 1.58. The van der Waals surface area contributed by atoms with E-state index in [1.165, 1.54) is 34.9 Å². The van der Waals surface area contributed by atoms with Gasteiger partial charge in [-0.1, -0.05) is 29.5 Å². The van der Waals surface area contributed by atoms with Crippen LogP contribution in [0.5, 0.6) is 0 Å². The van der Waals surface area contributed by atoms with E-state index in [-0.39, 0.29) is 27.7 Å². The molecule has 3 rings (SSSR count). The van der Waals surface area contributed by atoms with Gasteiger partial charge in [0.2, 0.25) is 4.80 Å². The quantitative estimate of drug-likeness (QED) is 0.526. The molecular formula is C18H18N2O6S3. The van der Waals surface area contributed by atoms with Crippen molar-refractivity contribution in [3.8, 4) is 0 Å². The molecule has 0 N–H and O–H groups in total. The lowest BCUT2D eigenvalue weighted by molar-refractivity contribution is -0.143. The molecule has 3 aromatic rings. The standard InChI is InChI=1S/C18H18N2O6S3/c1-3-26-17(21)12-20-15-10-9-14(28(2,22)23)11-16(15)27-18(20)19-29(24,25)13-7-5-4-6-8-13/h4-11H,3,12H2,1-2H3. The van der Waals surface area contributed by atoms with Gasteiger partial charge in [0.25, 0.3) is 10.0 Å². The first-order valence-electron chi connectivity index (χ1n) is 8.47. The number of nitrogens with zero attached hydrogens (tertiary/aromatic N) is 2. The van der Waals surface area contributed by atoms with E-state index in [4.69, 9.17) is 4.74 Å². The van der Waals surface area contributed by atoms with Gasteiger partial charge in [-0.3, -0.25) is 4.79 Å². The van der Waals surface area contributed by atoms with Crippen molar-refractivity contribution in [3.05, 3.63) is 53.3 Å². The van der Waals surface area contributed by atoms with Gasteiger partial charge in [-0.2, -0.15) is 8.42 Å². The molecular weight excluding hydrogens is 436 g/mol. The van der Waals surface area contributed by atoms with Gasteiger partial charge in [-0.25, -0.2) is 8.42 Å². The average Bonchev–Trinajstić information content (AvgIpc) is 2.97. The molecule has 0 aliphatic rings. The van der Waals surface area contributed by atoms with Gasteiger partial charge in [0.1, 0.15) is 6.54 Å². The maximum Gasteiger partial charge on any atom is 0.326 e. The van der Waals surface area contributed by atoms with Crippen molar-refractivity contribution in [1.82, 2.24) is 4.57 Å². The Labute approximate surface area is 172 Å². The summed E-state index contributed by atoms with van der Waals surface area (Å²) in [5, 5.41) is 0. The summed E-state index contributed by atoms with van der Waals surface area (Å²) in [5.41, 5.74) is 0.484. The van der Waals surface area contributed by atoms with Crippen molar-refractivity contribution in [1.29, 1.82) is 0 Å². The van der Waals surface area contributed by atoms with Crippen molar-refractivity contribution < 1.29 is 26.4 Å². The zero-order chi connectivity index (χ0) is 21.2.